The Labute approximate surface area is 253 Å². The molecule has 0 saturated carbocycles. The Morgan fingerprint density at radius 2 is 0.900 bits per heavy atom. The molecular weight excluding hydrogens is 614 g/mol. The third kappa shape index (κ3) is 8.34. The van der Waals surface area contributed by atoms with Crippen molar-refractivity contribution in [3.05, 3.63) is 104 Å². The molecule has 0 radical (unpaired) electrons. The Bertz CT molecular complexity index is 1380. The Hall–Kier alpha value is -2.34. The van der Waals surface area contributed by atoms with Gasteiger partial charge in [-0.3, -0.25) is 0 Å². The third-order valence-electron chi connectivity index (χ3n) is 7.67. The Morgan fingerprint density at radius 3 is 1.30 bits per heavy atom. The molecule has 0 bridgehead atoms. The van der Waals surface area contributed by atoms with Gasteiger partial charge in [-0.05, 0) is 0 Å². The van der Waals surface area contributed by atoms with Gasteiger partial charge in [-0.15, -0.1) is 0 Å². The van der Waals surface area contributed by atoms with Crippen LogP contribution in [0.2, 0.25) is 0 Å². The van der Waals surface area contributed by atoms with Gasteiger partial charge in [0.05, 0.1) is 0 Å². The predicted octanol–water partition coefficient (Wildman–Crippen LogP) is 10.7. The molecule has 3 aromatic carbocycles. The molecule has 0 atom stereocenters. The number of aryl methyl sites for hydroxylation is 2. The van der Waals surface area contributed by atoms with Gasteiger partial charge in [-0.1, -0.05) is 13.8 Å². The van der Waals surface area contributed by atoms with Crippen LogP contribution in [-0.4, -0.2) is 29.0 Å². The van der Waals surface area contributed by atoms with E-state index >= 15 is 0 Å². The van der Waals surface area contributed by atoms with Crippen LogP contribution in [0.5, 0.6) is 0 Å². The number of fused-ring (bicyclic) bond motifs is 2. The average molecular weight is 657 g/mol. The standard InChI is InChI=1S/C38H42Se2/c1-3-5-7-9-11-29-13-17-31(18-14-29)21-23-35-25-33-27-38-34(28-37(33)39-35)26-36(40-38)24-22-32-19-15-30(16-20-32)12-10-8-6-4-2/h13-28H,3-12H2,1-2H3/b23-21+,24-22+. The zero-order chi connectivity index (χ0) is 27.6. The summed E-state index contributed by atoms with van der Waals surface area (Å²) in [5.41, 5.74) is 5.54. The summed E-state index contributed by atoms with van der Waals surface area (Å²) in [6.45, 7) is 4.55. The zero-order valence-corrected chi connectivity index (χ0v) is 27.6. The first-order valence-corrected chi connectivity index (χ1v) is 18.6. The molecule has 5 rings (SSSR count). The van der Waals surface area contributed by atoms with E-state index in [1.807, 2.05) is 0 Å². The second-order valence-corrected chi connectivity index (χ2v) is 15.7. The van der Waals surface area contributed by atoms with Gasteiger partial charge in [0.1, 0.15) is 0 Å². The van der Waals surface area contributed by atoms with Crippen LogP contribution in [-0.2, 0) is 12.8 Å². The van der Waals surface area contributed by atoms with Crippen molar-refractivity contribution >= 4 is 72.6 Å². The first-order valence-electron chi connectivity index (χ1n) is 15.2. The van der Waals surface area contributed by atoms with E-state index in [1.54, 1.807) is 0 Å². The molecular formula is C38H42Se2. The Kier molecular flexibility index (Phi) is 11.0. The van der Waals surface area contributed by atoms with Crippen molar-refractivity contribution in [2.45, 2.75) is 78.1 Å². The zero-order valence-electron chi connectivity index (χ0n) is 24.1. The van der Waals surface area contributed by atoms with Crippen molar-refractivity contribution < 1.29 is 0 Å². The summed E-state index contributed by atoms with van der Waals surface area (Å²) in [7, 11) is 0. The summed E-state index contributed by atoms with van der Waals surface area (Å²) in [6.07, 6.45) is 22.3. The summed E-state index contributed by atoms with van der Waals surface area (Å²) in [6, 6.07) is 28.1. The monoisotopic (exact) mass is 658 g/mol. The van der Waals surface area contributed by atoms with Crippen LogP contribution in [0.4, 0.5) is 0 Å². The minimum atomic E-state index is 0.387. The summed E-state index contributed by atoms with van der Waals surface area (Å²) < 4.78 is 6.00. The van der Waals surface area contributed by atoms with E-state index < -0.39 is 0 Å². The van der Waals surface area contributed by atoms with Crippen LogP contribution in [0, 0.1) is 0 Å². The van der Waals surface area contributed by atoms with E-state index in [4.69, 9.17) is 0 Å². The molecule has 206 valence electrons. The second-order valence-electron chi connectivity index (χ2n) is 11.0. The van der Waals surface area contributed by atoms with Crippen LogP contribution < -0.4 is 0 Å². The quantitative estimate of drug-likeness (QED) is 0.0824. The first kappa shape index (κ1) is 29.2. The van der Waals surface area contributed by atoms with Crippen molar-refractivity contribution in [3.8, 4) is 0 Å². The van der Waals surface area contributed by atoms with E-state index in [-0.39, 0.29) is 0 Å². The fraction of sp³-hybridized carbons (Fsp3) is 0.316. The summed E-state index contributed by atoms with van der Waals surface area (Å²) in [5.74, 6) is 0. The fourth-order valence-corrected chi connectivity index (χ4v) is 9.42. The molecule has 0 nitrogen and oxygen atoms in total. The number of unbranched alkanes of at least 4 members (excludes halogenated alkanes) is 6. The van der Waals surface area contributed by atoms with Gasteiger partial charge in [-0.2, -0.15) is 0 Å². The van der Waals surface area contributed by atoms with Crippen LogP contribution in [0.15, 0.2) is 72.8 Å². The predicted molar refractivity (Wildman–Crippen MR) is 182 cm³/mol. The molecule has 0 unspecified atom stereocenters. The van der Waals surface area contributed by atoms with Crippen molar-refractivity contribution in [3.63, 3.8) is 0 Å². The maximum atomic E-state index is 2.46. The topological polar surface area (TPSA) is 0 Å². The van der Waals surface area contributed by atoms with Crippen LogP contribution in [0.25, 0.3) is 43.6 Å². The summed E-state index contributed by atoms with van der Waals surface area (Å²) in [4.78, 5) is 0. The summed E-state index contributed by atoms with van der Waals surface area (Å²) >= 11 is 0.773. The molecule has 0 saturated heterocycles. The summed E-state index contributed by atoms with van der Waals surface area (Å²) in [5, 5.41) is 2.88. The molecule has 0 N–H and O–H groups in total. The van der Waals surface area contributed by atoms with Crippen molar-refractivity contribution in [1.29, 1.82) is 0 Å². The molecule has 40 heavy (non-hydrogen) atoms. The molecule has 2 heteroatoms. The molecule has 5 aromatic rings. The van der Waals surface area contributed by atoms with Gasteiger partial charge in [0, 0.05) is 0 Å². The van der Waals surface area contributed by atoms with E-state index in [1.165, 1.54) is 115 Å². The maximum absolute atomic E-state index is 2.46. The average Bonchev–Trinajstić information content (AvgIpc) is 3.57. The van der Waals surface area contributed by atoms with E-state index in [9.17, 15) is 0 Å². The molecule has 0 spiro atoms. The van der Waals surface area contributed by atoms with Gasteiger partial charge < -0.3 is 0 Å². The van der Waals surface area contributed by atoms with Crippen LogP contribution in [0.1, 0.15) is 96.3 Å². The number of hydrogen-bond donors (Lipinski definition) is 0. The van der Waals surface area contributed by atoms with Crippen LogP contribution in [0.3, 0.4) is 0 Å². The van der Waals surface area contributed by atoms with E-state index in [0.717, 1.165) is 0 Å². The fourth-order valence-electron chi connectivity index (χ4n) is 5.24. The van der Waals surface area contributed by atoms with Crippen molar-refractivity contribution in [1.82, 2.24) is 0 Å². The van der Waals surface area contributed by atoms with Gasteiger partial charge in [0.15, 0.2) is 0 Å². The van der Waals surface area contributed by atoms with Crippen molar-refractivity contribution in [2.24, 2.45) is 0 Å². The number of benzene rings is 3. The molecule has 0 fully saturated rings. The van der Waals surface area contributed by atoms with Gasteiger partial charge in [0.25, 0.3) is 0 Å². The third-order valence-corrected chi connectivity index (χ3v) is 12.1. The van der Waals surface area contributed by atoms with Gasteiger partial charge >= 0.3 is 241 Å². The van der Waals surface area contributed by atoms with Crippen molar-refractivity contribution in [2.75, 3.05) is 0 Å². The molecule has 2 heterocycles. The SMILES string of the molecule is CCCCCCc1ccc(/C=C/c2cc3cc4[se]c(/C=C/c5ccc(CCCCCC)cc5)cc4cc3[se]2)cc1. The van der Waals surface area contributed by atoms with Gasteiger partial charge in [-0.25, -0.2) is 0 Å². The normalized spacial score (nSPS) is 12.1. The van der Waals surface area contributed by atoms with E-state index in [0.29, 0.717) is 29.0 Å². The van der Waals surface area contributed by atoms with Gasteiger partial charge in [0.2, 0.25) is 0 Å². The Balaban J connectivity index is 1.20. The second kappa shape index (κ2) is 15.0. The molecule has 0 aliphatic rings. The minimum absolute atomic E-state index is 0.387. The molecule has 0 aliphatic carbocycles. The molecule has 0 aliphatic heterocycles. The van der Waals surface area contributed by atoms with Crippen LogP contribution >= 0.6 is 0 Å². The first-order chi connectivity index (χ1) is 19.7. The molecule has 2 aromatic heterocycles. The number of hydrogen-bond acceptors (Lipinski definition) is 0. The number of rotatable bonds is 14. The van der Waals surface area contributed by atoms with E-state index in [2.05, 4.69) is 111 Å². The Morgan fingerprint density at radius 1 is 0.475 bits per heavy atom. The molecule has 0 amide bonds.